The van der Waals surface area contributed by atoms with Gasteiger partial charge in [-0.15, -0.1) is 0 Å². The zero-order chi connectivity index (χ0) is 12.3. The Morgan fingerprint density at radius 1 is 1.65 bits per heavy atom. The van der Waals surface area contributed by atoms with Crippen LogP contribution in [0.1, 0.15) is 26.2 Å². The van der Waals surface area contributed by atoms with Crippen molar-refractivity contribution in [1.82, 2.24) is 10.3 Å². The molecule has 1 aromatic rings. The minimum absolute atomic E-state index is 0.158. The molecule has 2 N–H and O–H groups in total. The molecule has 1 fully saturated rings. The van der Waals surface area contributed by atoms with E-state index in [0.29, 0.717) is 5.92 Å². The smallest absolute Gasteiger partial charge is 0.319 e. The highest BCUT2D eigenvalue weighted by atomic mass is 19.1. The Balaban J connectivity index is 1.81. The largest absolute Gasteiger partial charge is 0.335 e. The van der Waals surface area contributed by atoms with Gasteiger partial charge >= 0.3 is 6.03 Å². The van der Waals surface area contributed by atoms with Gasteiger partial charge in [-0.25, -0.2) is 9.18 Å². The topological polar surface area (TPSA) is 54.0 Å². The van der Waals surface area contributed by atoms with Crippen molar-refractivity contribution in [3.63, 3.8) is 0 Å². The molecule has 0 saturated heterocycles. The maximum Gasteiger partial charge on any atom is 0.319 e. The number of pyridine rings is 1. The molecule has 17 heavy (non-hydrogen) atoms. The van der Waals surface area contributed by atoms with Gasteiger partial charge in [0.15, 0.2) is 5.82 Å². The number of amides is 2. The predicted molar refractivity (Wildman–Crippen MR) is 63.2 cm³/mol. The normalized spacial score (nSPS) is 22.0. The van der Waals surface area contributed by atoms with E-state index in [9.17, 15) is 9.18 Å². The van der Waals surface area contributed by atoms with Gasteiger partial charge in [0, 0.05) is 12.2 Å². The average molecular weight is 237 g/mol. The van der Waals surface area contributed by atoms with Gasteiger partial charge in [0.25, 0.3) is 0 Å². The number of nitrogens with one attached hydrogen (secondary N) is 2. The van der Waals surface area contributed by atoms with Crippen molar-refractivity contribution in [2.24, 2.45) is 5.92 Å². The lowest BCUT2D eigenvalue weighted by atomic mass is 10.2. The van der Waals surface area contributed by atoms with Crippen molar-refractivity contribution in [2.45, 2.75) is 32.2 Å². The molecular formula is C12H16FN3O. The Morgan fingerprint density at radius 3 is 3.18 bits per heavy atom. The van der Waals surface area contributed by atoms with Gasteiger partial charge in [0.05, 0.1) is 11.9 Å². The monoisotopic (exact) mass is 237 g/mol. The maximum absolute atomic E-state index is 13.2. The summed E-state index contributed by atoms with van der Waals surface area (Å²) in [5.74, 6) is 0.0663. The van der Waals surface area contributed by atoms with Gasteiger partial charge < -0.3 is 10.6 Å². The molecule has 1 saturated carbocycles. The maximum atomic E-state index is 13.2. The molecule has 0 unspecified atom stereocenters. The quantitative estimate of drug-likeness (QED) is 0.845. The minimum atomic E-state index is -0.524. The number of aromatic nitrogens is 1. The van der Waals surface area contributed by atoms with Crippen LogP contribution in [-0.4, -0.2) is 17.1 Å². The summed E-state index contributed by atoms with van der Waals surface area (Å²) >= 11 is 0. The lowest BCUT2D eigenvalue weighted by Crippen LogP contribution is -2.31. The molecule has 1 aliphatic carbocycles. The highest BCUT2D eigenvalue weighted by Crippen LogP contribution is 2.34. The molecule has 0 radical (unpaired) electrons. The summed E-state index contributed by atoms with van der Waals surface area (Å²) < 4.78 is 13.2. The third kappa shape index (κ3) is 3.15. The van der Waals surface area contributed by atoms with Crippen LogP contribution in [0.4, 0.5) is 14.9 Å². The van der Waals surface area contributed by atoms with Gasteiger partial charge in [0.2, 0.25) is 0 Å². The first kappa shape index (κ1) is 11.8. The molecule has 92 valence electrons. The molecule has 0 aliphatic heterocycles. The van der Waals surface area contributed by atoms with Crippen molar-refractivity contribution in [1.29, 1.82) is 0 Å². The first-order valence-corrected chi connectivity index (χ1v) is 5.87. The van der Waals surface area contributed by atoms with Gasteiger partial charge in [-0.3, -0.25) is 4.98 Å². The Hall–Kier alpha value is -1.65. The molecule has 1 aromatic heterocycles. The SMILES string of the molecule is CCC[C@@H]1C[C@H]1NC(=O)Nc1ccncc1F. The third-order valence-corrected chi connectivity index (χ3v) is 2.92. The Kier molecular flexibility index (Phi) is 3.56. The van der Waals surface area contributed by atoms with Crippen LogP contribution in [-0.2, 0) is 0 Å². The zero-order valence-electron chi connectivity index (χ0n) is 9.74. The fourth-order valence-electron chi connectivity index (χ4n) is 1.92. The van der Waals surface area contributed by atoms with E-state index in [-0.39, 0.29) is 17.8 Å². The number of carbonyl (C=O) groups excluding carboxylic acids is 1. The first-order chi connectivity index (χ1) is 8.20. The van der Waals surface area contributed by atoms with E-state index >= 15 is 0 Å². The first-order valence-electron chi connectivity index (χ1n) is 5.87. The predicted octanol–water partition coefficient (Wildman–Crippen LogP) is 2.53. The van der Waals surface area contributed by atoms with E-state index in [1.54, 1.807) is 0 Å². The van der Waals surface area contributed by atoms with Crippen LogP contribution < -0.4 is 10.6 Å². The van der Waals surface area contributed by atoms with Crippen LogP contribution >= 0.6 is 0 Å². The molecule has 0 spiro atoms. The molecule has 1 aliphatic rings. The summed E-state index contributed by atoms with van der Waals surface area (Å²) in [6, 6.07) is 1.34. The summed E-state index contributed by atoms with van der Waals surface area (Å²) in [6.45, 7) is 2.13. The van der Waals surface area contributed by atoms with Crippen molar-refractivity contribution >= 4 is 11.7 Å². The molecule has 2 amide bonds. The molecule has 2 atom stereocenters. The summed E-state index contributed by atoms with van der Waals surface area (Å²) in [5.41, 5.74) is 0.158. The van der Waals surface area contributed by atoms with Crippen LogP contribution in [0, 0.1) is 11.7 Å². The fraction of sp³-hybridized carbons (Fsp3) is 0.500. The summed E-state index contributed by atoms with van der Waals surface area (Å²) in [5, 5.41) is 5.31. The number of halogens is 1. The second-order valence-corrected chi connectivity index (χ2v) is 4.34. The standard InChI is InChI=1S/C12H16FN3O/c1-2-3-8-6-11(8)16-12(17)15-10-4-5-14-7-9(10)13/h4-5,7-8,11H,2-3,6H2,1H3,(H2,14,15,16,17)/t8-,11-/m1/s1. The van der Waals surface area contributed by atoms with Crippen molar-refractivity contribution in [3.8, 4) is 0 Å². The van der Waals surface area contributed by atoms with Crippen molar-refractivity contribution in [3.05, 3.63) is 24.3 Å². The van der Waals surface area contributed by atoms with E-state index in [4.69, 9.17) is 0 Å². The highest BCUT2D eigenvalue weighted by Gasteiger charge is 2.37. The van der Waals surface area contributed by atoms with E-state index in [2.05, 4.69) is 22.5 Å². The van der Waals surface area contributed by atoms with Crippen molar-refractivity contribution < 1.29 is 9.18 Å². The molecule has 4 nitrogen and oxygen atoms in total. The Bertz CT molecular complexity index is 410. The van der Waals surface area contributed by atoms with Crippen LogP contribution in [0.3, 0.4) is 0 Å². The molecule has 2 rings (SSSR count). The average Bonchev–Trinajstić information content (AvgIpc) is 3.00. The summed E-state index contributed by atoms with van der Waals surface area (Å²) in [7, 11) is 0. The van der Waals surface area contributed by atoms with Gasteiger partial charge in [-0.1, -0.05) is 13.3 Å². The third-order valence-electron chi connectivity index (χ3n) is 2.92. The van der Waals surface area contributed by atoms with Gasteiger partial charge in [0.1, 0.15) is 0 Å². The fourth-order valence-corrected chi connectivity index (χ4v) is 1.92. The van der Waals surface area contributed by atoms with Crippen molar-refractivity contribution in [2.75, 3.05) is 5.32 Å². The number of carbonyl (C=O) groups is 1. The number of nitrogens with zero attached hydrogens (tertiary/aromatic N) is 1. The Labute approximate surface area is 99.6 Å². The lowest BCUT2D eigenvalue weighted by Gasteiger charge is -2.07. The molecule has 0 bridgehead atoms. The minimum Gasteiger partial charge on any atom is -0.335 e. The number of hydrogen-bond acceptors (Lipinski definition) is 2. The van der Waals surface area contributed by atoms with Gasteiger partial charge in [-0.2, -0.15) is 0 Å². The zero-order valence-corrected chi connectivity index (χ0v) is 9.74. The van der Waals surface area contributed by atoms with Crippen LogP contribution in [0.15, 0.2) is 18.5 Å². The summed E-state index contributed by atoms with van der Waals surface area (Å²) in [6.07, 6.45) is 5.81. The molecule has 5 heteroatoms. The molecule has 0 aromatic carbocycles. The number of anilines is 1. The van der Waals surface area contributed by atoms with Gasteiger partial charge in [-0.05, 0) is 24.8 Å². The second kappa shape index (κ2) is 5.12. The molecule has 1 heterocycles. The lowest BCUT2D eigenvalue weighted by molar-refractivity contribution is 0.251. The summed E-state index contributed by atoms with van der Waals surface area (Å²) in [4.78, 5) is 15.2. The molecular weight excluding hydrogens is 221 g/mol. The number of urea groups is 1. The van der Waals surface area contributed by atoms with Crippen LogP contribution in [0.5, 0.6) is 0 Å². The van der Waals surface area contributed by atoms with E-state index in [1.807, 2.05) is 0 Å². The number of rotatable bonds is 4. The van der Waals surface area contributed by atoms with Crippen LogP contribution in [0.25, 0.3) is 0 Å². The number of hydrogen-bond donors (Lipinski definition) is 2. The van der Waals surface area contributed by atoms with E-state index < -0.39 is 5.82 Å². The van der Waals surface area contributed by atoms with E-state index in [0.717, 1.165) is 25.5 Å². The Morgan fingerprint density at radius 2 is 2.47 bits per heavy atom. The van der Waals surface area contributed by atoms with E-state index in [1.165, 1.54) is 12.3 Å². The van der Waals surface area contributed by atoms with Crippen LogP contribution in [0.2, 0.25) is 0 Å². The highest BCUT2D eigenvalue weighted by molar-refractivity contribution is 5.89. The second-order valence-electron chi connectivity index (χ2n) is 4.34.